The Morgan fingerprint density at radius 1 is 1.15 bits per heavy atom. The molecule has 72 valence electrons. The van der Waals surface area contributed by atoms with Crippen LogP contribution in [0.1, 0.15) is 32.4 Å². The minimum atomic E-state index is 0.0600. The van der Waals surface area contributed by atoms with E-state index in [0.717, 1.165) is 10.6 Å². The van der Waals surface area contributed by atoms with Gasteiger partial charge < -0.3 is 5.73 Å². The predicted molar refractivity (Wildman–Crippen MR) is 57.8 cm³/mol. The minimum absolute atomic E-state index is 0.0600. The third-order valence-corrected chi connectivity index (χ3v) is 2.41. The smallest absolute Gasteiger partial charge is 0.0406 e. The second kappa shape index (κ2) is 3.69. The fourth-order valence-corrected chi connectivity index (χ4v) is 1.30. The first-order valence-electron chi connectivity index (χ1n) is 4.42. The predicted octanol–water partition coefficient (Wildman–Crippen LogP) is 3.39. The quantitative estimate of drug-likeness (QED) is 0.734. The molecule has 0 aliphatic rings. The lowest BCUT2D eigenvalue weighted by Crippen LogP contribution is -2.26. The third kappa shape index (κ3) is 2.71. The molecular weight excluding hydrogens is 182 g/mol. The van der Waals surface area contributed by atoms with E-state index in [1.165, 1.54) is 0 Å². The van der Waals surface area contributed by atoms with Gasteiger partial charge in [-0.15, -0.1) is 0 Å². The topological polar surface area (TPSA) is 26.0 Å². The number of halogens is 1. The van der Waals surface area contributed by atoms with Crippen LogP contribution in [0.5, 0.6) is 0 Å². The molecule has 0 heterocycles. The highest BCUT2D eigenvalue weighted by molar-refractivity contribution is 6.30. The molecule has 0 aliphatic heterocycles. The van der Waals surface area contributed by atoms with Gasteiger partial charge in [0.2, 0.25) is 0 Å². The maximum atomic E-state index is 6.08. The normalized spacial score (nSPS) is 14.2. The van der Waals surface area contributed by atoms with Crippen LogP contribution in [0.25, 0.3) is 0 Å². The summed E-state index contributed by atoms with van der Waals surface area (Å²) >= 11 is 5.79. The van der Waals surface area contributed by atoms with Gasteiger partial charge in [-0.05, 0) is 23.1 Å². The summed E-state index contributed by atoms with van der Waals surface area (Å²) in [7, 11) is 0. The van der Waals surface area contributed by atoms with Gasteiger partial charge in [-0.25, -0.2) is 0 Å². The SMILES string of the molecule is CC(C)(C)[C@@H](N)c1ccc(Cl)cc1. The zero-order chi connectivity index (χ0) is 10.1. The summed E-state index contributed by atoms with van der Waals surface area (Å²) in [5, 5.41) is 0.754. The van der Waals surface area contributed by atoms with Crippen LogP contribution < -0.4 is 5.73 Å². The standard InChI is InChI=1S/C11H16ClN/c1-11(2,3)10(13)8-4-6-9(12)7-5-8/h4-7,10H,13H2,1-3H3/t10-/m0/s1. The monoisotopic (exact) mass is 197 g/mol. The average molecular weight is 198 g/mol. The Hall–Kier alpha value is -0.530. The number of hydrogen-bond acceptors (Lipinski definition) is 1. The lowest BCUT2D eigenvalue weighted by atomic mass is 9.83. The van der Waals surface area contributed by atoms with Crippen LogP contribution in [0.4, 0.5) is 0 Å². The van der Waals surface area contributed by atoms with E-state index >= 15 is 0 Å². The molecule has 0 aliphatic carbocycles. The molecular formula is C11H16ClN. The van der Waals surface area contributed by atoms with E-state index < -0.39 is 0 Å². The Morgan fingerprint density at radius 2 is 1.62 bits per heavy atom. The fourth-order valence-electron chi connectivity index (χ4n) is 1.17. The van der Waals surface area contributed by atoms with Crippen LogP contribution in [0.15, 0.2) is 24.3 Å². The van der Waals surface area contributed by atoms with Gasteiger partial charge >= 0.3 is 0 Å². The number of hydrogen-bond donors (Lipinski definition) is 1. The number of nitrogens with two attached hydrogens (primary N) is 1. The van der Waals surface area contributed by atoms with Crippen LogP contribution in [0, 0.1) is 5.41 Å². The lowest BCUT2D eigenvalue weighted by Gasteiger charge is -2.27. The molecule has 0 unspecified atom stereocenters. The largest absolute Gasteiger partial charge is 0.324 e. The Kier molecular flexibility index (Phi) is 2.99. The maximum Gasteiger partial charge on any atom is 0.0406 e. The summed E-state index contributed by atoms with van der Waals surface area (Å²) in [6, 6.07) is 7.78. The second-order valence-electron chi connectivity index (χ2n) is 4.40. The molecule has 1 rings (SSSR count). The highest BCUT2D eigenvalue weighted by Gasteiger charge is 2.21. The molecule has 0 fully saturated rings. The Labute approximate surface area is 84.9 Å². The van der Waals surface area contributed by atoms with Crippen molar-refractivity contribution in [1.29, 1.82) is 0 Å². The zero-order valence-corrected chi connectivity index (χ0v) is 9.10. The summed E-state index contributed by atoms with van der Waals surface area (Å²) in [6.45, 7) is 6.39. The van der Waals surface area contributed by atoms with E-state index in [1.807, 2.05) is 24.3 Å². The molecule has 1 aromatic rings. The van der Waals surface area contributed by atoms with Gasteiger partial charge in [0.25, 0.3) is 0 Å². The molecule has 1 aromatic carbocycles. The number of benzene rings is 1. The van der Waals surface area contributed by atoms with Crippen molar-refractivity contribution in [2.75, 3.05) is 0 Å². The molecule has 0 bridgehead atoms. The van der Waals surface area contributed by atoms with Gasteiger partial charge in [-0.2, -0.15) is 0 Å². The molecule has 0 saturated carbocycles. The fraction of sp³-hybridized carbons (Fsp3) is 0.455. The summed E-state index contributed by atoms with van der Waals surface area (Å²) in [5.74, 6) is 0. The molecule has 2 N–H and O–H groups in total. The molecule has 1 nitrogen and oxygen atoms in total. The Bertz CT molecular complexity index is 271. The molecule has 13 heavy (non-hydrogen) atoms. The van der Waals surface area contributed by atoms with E-state index in [-0.39, 0.29) is 11.5 Å². The van der Waals surface area contributed by atoms with Crippen molar-refractivity contribution in [3.8, 4) is 0 Å². The molecule has 0 spiro atoms. The highest BCUT2D eigenvalue weighted by atomic mass is 35.5. The van der Waals surface area contributed by atoms with Crippen LogP contribution in [-0.4, -0.2) is 0 Å². The Morgan fingerprint density at radius 3 is 2.00 bits per heavy atom. The first kappa shape index (κ1) is 10.6. The van der Waals surface area contributed by atoms with E-state index in [1.54, 1.807) is 0 Å². The van der Waals surface area contributed by atoms with E-state index in [9.17, 15) is 0 Å². The Balaban J connectivity index is 2.90. The van der Waals surface area contributed by atoms with Crippen molar-refractivity contribution in [3.05, 3.63) is 34.9 Å². The van der Waals surface area contributed by atoms with Gasteiger partial charge in [0, 0.05) is 11.1 Å². The zero-order valence-electron chi connectivity index (χ0n) is 8.34. The van der Waals surface area contributed by atoms with Crippen molar-refractivity contribution >= 4 is 11.6 Å². The van der Waals surface area contributed by atoms with E-state index in [2.05, 4.69) is 20.8 Å². The van der Waals surface area contributed by atoms with Crippen molar-refractivity contribution < 1.29 is 0 Å². The first-order chi connectivity index (χ1) is 5.91. The van der Waals surface area contributed by atoms with E-state index in [4.69, 9.17) is 17.3 Å². The van der Waals surface area contributed by atoms with Crippen molar-refractivity contribution in [2.24, 2.45) is 11.1 Å². The van der Waals surface area contributed by atoms with Gasteiger partial charge in [0.1, 0.15) is 0 Å². The highest BCUT2D eigenvalue weighted by Crippen LogP contribution is 2.30. The second-order valence-corrected chi connectivity index (χ2v) is 4.83. The molecule has 0 aromatic heterocycles. The molecule has 2 heteroatoms. The molecule has 0 amide bonds. The van der Waals surface area contributed by atoms with Crippen LogP contribution in [0.3, 0.4) is 0 Å². The average Bonchev–Trinajstić information content (AvgIpc) is 2.03. The van der Waals surface area contributed by atoms with Gasteiger partial charge in [0.05, 0.1) is 0 Å². The van der Waals surface area contributed by atoms with Gasteiger partial charge in [0.15, 0.2) is 0 Å². The molecule has 0 radical (unpaired) electrons. The van der Waals surface area contributed by atoms with Crippen LogP contribution >= 0.6 is 11.6 Å². The summed E-state index contributed by atoms with van der Waals surface area (Å²) in [4.78, 5) is 0. The van der Waals surface area contributed by atoms with Crippen molar-refractivity contribution in [2.45, 2.75) is 26.8 Å². The van der Waals surface area contributed by atoms with Gasteiger partial charge in [-0.3, -0.25) is 0 Å². The van der Waals surface area contributed by atoms with Gasteiger partial charge in [-0.1, -0.05) is 44.5 Å². The van der Waals surface area contributed by atoms with E-state index in [0.29, 0.717) is 0 Å². The minimum Gasteiger partial charge on any atom is -0.324 e. The summed E-state index contributed by atoms with van der Waals surface area (Å²) < 4.78 is 0. The molecule has 0 saturated heterocycles. The first-order valence-corrected chi connectivity index (χ1v) is 4.80. The molecule has 1 atom stereocenters. The van der Waals surface area contributed by atoms with Crippen molar-refractivity contribution in [1.82, 2.24) is 0 Å². The van der Waals surface area contributed by atoms with Crippen LogP contribution in [-0.2, 0) is 0 Å². The summed E-state index contributed by atoms with van der Waals surface area (Å²) in [5.41, 5.74) is 7.31. The number of rotatable bonds is 1. The summed E-state index contributed by atoms with van der Waals surface area (Å²) in [6.07, 6.45) is 0. The van der Waals surface area contributed by atoms with Crippen molar-refractivity contribution in [3.63, 3.8) is 0 Å². The third-order valence-electron chi connectivity index (χ3n) is 2.16. The van der Waals surface area contributed by atoms with Crippen LogP contribution in [0.2, 0.25) is 5.02 Å². The lowest BCUT2D eigenvalue weighted by molar-refractivity contribution is 0.327. The maximum absolute atomic E-state index is 6.08.